The quantitative estimate of drug-likeness (QED) is 0.440. The summed E-state index contributed by atoms with van der Waals surface area (Å²) in [7, 11) is 1.32. The number of methoxy groups -OCH3 is 1. The van der Waals surface area contributed by atoms with Crippen LogP contribution in [0.25, 0.3) is 0 Å². The molecule has 3 N–H and O–H groups in total. The third-order valence-corrected chi connectivity index (χ3v) is 2.31. The first-order chi connectivity index (χ1) is 8.60. The molecule has 0 aliphatic heterocycles. The Bertz CT molecular complexity index is 448. The number of hydrogen-bond acceptors (Lipinski definition) is 5. The molecule has 0 bridgehead atoms. The molecule has 1 rings (SSSR count). The molecule has 0 unspecified atom stereocenters. The molecule has 0 radical (unpaired) electrons. The van der Waals surface area contributed by atoms with Crippen LogP contribution in [0.5, 0.6) is 5.75 Å². The number of hydrogen-bond donors (Lipinski definition) is 2. The van der Waals surface area contributed by atoms with Gasteiger partial charge in [-0.3, -0.25) is 14.9 Å². The number of ether oxygens (including phenoxy) is 1. The first kappa shape index (κ1) is 13.9. The molecule has 7 heteroatoms. The second-order valence-corrected chi connectivity index (χ2v) is 3.54. The largest absolute Gasteiger partial charge is 0.490 e. The van der Waals surface area contributed by atoms with Gasteiger partial charge in [-0.1, -0.05) is 0 Å². The number of rotatable bonds is 6. The molecule has 0 aliphatic rings. The summed E-state index contributed by atoms with van der Waals surface area (Å²) in [5.74, 6) is -0.247. The van der Waals surface area contributed by atoms with Gasteiger partial charge in [0.15, 0.2) is 5.75 Å². The second kappa shape index (κ2) is 6.55. The van der Waals surface area contributed by atoms with Crippen molar-refractivity contribution in [1.29, 1.82) is 0 Å². The van der Waals surface area contributed by atoms with Gasteiger partial charge in [0.2, 0.25) is 0 Å². The summed E-state index contributed by atoms with van der Waals surface area (Å²) in [6, 6.07) is 3.98. The van der Waals surface area contributed by atoms with Crippen LogP contribution in [-0.2, 0) is 0 Å². The zero-order chi connectivity index (χ0) is 13.5. The summed E-state index contributed by atoms with van der Waals surface area (Å²) in [6.45, 7) is 0.957. The van der Waals surface area contributed by atoms with Gasteiger partial charge in [0.05, 0.1) is 12.0 Å². The molecule has 1 amide bonds. The fraction of sp³-hybridized carbons (Fsp3) is 0.364. The summed E-state index contributed by atoms with van der Waals surface area (Å²) < 4.78 is 4.88. The predicted octanol–water partition coefficient (Wildman–Crippen LogP) is 0.682. The van der Waals surface area contributed by atoms with Crippen molar-refractivity contribution in [2.45, 2.75) is 6.42 Å². The molecule has 0 saturated heterocycles. The van der Waals surface area contributed by atoms with E-state index in [1.165, 1.54) is 25.3 Å². The Hall–Kier alpha value is -2.15. The number of carbonyl (C=O) groups excluding carboxylic acids is 1. The first-order valence-electron chi connectivity index (χ1n) is 5.41. The van der Waals surface area contributed by atoms with Crippen molar-refractivity contribution in [2.75, 3.05) is 20.2 Å². The average Bonchev–Trinajstić information content (AvgIpc) is 2.37. The number of carbonyl (C=O) groups is 1. The molecule has 98 valence electrons. The van der Waals surface area contributed by atoms with Crippen LogP contribution in [0.1, 0.15) is 16.8 Å². The lowest BCUT2D eigenvalue weighted by atomic mass is 10.1. The molecular formula is C11H15N3O4. The fourth-order valence-corrected chi connectivity index (χ4v) is 1.38. The Labute approximate surface area is 104 Å². The summed E-state index contributed by atoms with van der Waals surface area (Å²) >= 11 is 0. The van der Waals surface area contributed by atoms with E-state index in [1.54, 1.807) is 0 Å². The average molecular weight is 253 g/mol. The number of nitrogens with one attached hydrogen (secondary N) is 1. The third-order valence-electron chi connectivity index (χ3n) is 2.31. The van der Waals surface area contributed by atoms with E-state index in [0.29, 0.717) is 25.1 Å². The van der Waals surface area contributed by atoms with Crippen LogP contribution in [-0.4, -0.2) is 31.0 Å². The van der Waals surface area contributed by atoms with E-state index in [2.05, 4.69) is 5.32 Å². The molecule has 1 aromatic carbocycles. The maximum absolute atomic E-state index is 11.7. The van der Waals surface area contributed by atoms with E-state index >= 15 is 0 Å². The number of nitrogens with two attached hydrogens (primary N) is 1. The normalized spacial score (nSPS) is 9.89. The van der Waals surface area contributed by atoms with E-state index in [1.807, 2.05) is 0 Å². The minimum Gasteiger partial charge on any atom is -0.490 e. The van der Waals surface area contributed by atoms with Crippen LogP contribution in [0, 0.1) is 10.1 Å². The monoisotopic (exact) mass is 253 g/mol. The van der Waals surface area contributed by atoms with Gasteiger partial charge < -0.3 is 15.8 Å². The van der Waals surface area contributed by atoms with Crippen molar-refractivity contribution in [1.82, 2.24) is 5.32 Å². The molecule has 0 fully saturated rings. The van der Waals surface area contributed by atoms with Gasteiger partial charge in [-0.05, 0) is 19.0 Å². The van der Waals surface area contributed by atoms with E-state index in [0.717, 1.165) is 0 Å². The molecule has 18 heavy (non-hydrogen) atoms. The Balaban J connectivity index is 2.85. The van der Waals surface area contributed by atoms with E-state index in [9.17, 15) is 14.9 Å². The Morgan fingerprint density at radius 3 is 2.83 bits per heavy atom. The lowest BCUT2D eigenvalue weighted by molar-refractivity contribution is -0.385. The Morgan fingerprint density at radius 1 is 1.56 bits per heavy atom. The number of benzene rings is 1. The van der Waals surface area contributed by atoms with Crippen LogP contribution < -0.4 is 15.8 Å². The fourth-order valence-electron chi connectivity index (χ4n) is 1.38. The van der Waals surface area contributed by atoms with E-state index in [-0.39, 0.29) is 17.3 Å². The summed E-state index contributed by atoms with van der Waals surface area (Å²) in [5, 5.41) is 13.3. The predicted molar refractivity (Wildman–Crippen MR) is 65.7 cm³/mol. The highest BCUT2D eigenvalue weighted by Gasteiger charge is 2.17. The molecule has 7 nitrogen and oxygen atoms in total. The van der Waals surface area contributed by atoms with Crippen LogP contribution in [0.15, 0.2) is 18.2 Å². The molecule has 0 spiro atoms. The summed E-state index contributed by atoms with van der Waals surface area (Å²) in [4.78, 5) is 21.8. The van der Waals surface area contributed by atoms with Crippen LogP contribution in [0.2, 0.25) is 0 Å². The van der Waals surface area contributed by atoms with Crippen molar-refractivity contribution in [3.05, 3.63) is 33.9 Å². The highest BCUT2D eigenvalue weighted by molar-refractivity contribution is 5.95. The van der Waals surface area contributed by atoms with Gasteiger partial charge in [0, 0.05) is 24.2 Å². The Morgan fingerprint density at radius 2 is 2.28 bits per heavy atom. The lowest BCUT2D eigenvalue weighted by Crippen LogP contribution is -2.25. The second-order valence-electron chi connectivity index (χ2n) is 3.54. The number of nitro benzene ring substituents is 1. The van der Waals surface area contributed by atoms with Gasteiger partial charge in [-0.15, -0.1) is 0 Å². The van der Waals surface area contributed by atoms with Crippen molar-refractivity contribution in [3.63, 3.8) is 0 Å². The molecule has 0 aliphatic carbocycles. The van der Waals surface area contributed by atoms with E-state index in [4.69, 9.17) is 10.5 Å². The minimum atomic E-state index is -0.561. The maximum Gasteiger partial charge on any atom is 0.310 e. The lowest BCUT2D eigenvalue weighted by Gasteiger charge is -2.06. The van der Waals surface area contributed by atoms with Gasteiger partial charge in [0.25, 0.3) is 5.91 Å². The van der Waals surface area contributed by atoms with Gasteiger partial charge in [0.1, 0.15) is 0 Å². The van der Waals surface area contributed by atoms with Gasteiger partial charge in [-0.25, -0.2) is 0 Å². The number of nitro groups is 1. The van der Waals surface area contributed by atoms with Crippen molar-refractivity contribution in [2.24, 2.45) is 5.73 Å². The molecule has 0 saturated carbocycles. The maximum atomic E-state index is 11.7. The SMILES string of the molecule is COc1cc(C(=O)NCCCN)ccc1[N+](=O)[O-]. The smallest absolute Gasteiger partial charge is 0.310 e. The van der Waals surface area contributed by atoms with Crippen molar-refractivity contribution < 1.29 is 14.5 Å². The molecule has 0 aromatic heterocycles. The molecule has 0 atom stereocenters. The summed E-state index contributed by atoms with van der Waals surface area (Å²) in [6.07, 6.45) is 0.676. The van der Waals surface area contributed by atoms with Crippen molar-refractivity contribution in [3.8, 4) is 5.75 Å². The first-order valence-corrected chi connectivity index (χ1v) is 5.41. The number of amides is 1. The Kier molecular flexibility index (Phi) is 5.06. The zero-order valence-corrected chi connectivity index (χ0v) is 10.0. The molecular weight excluding hydrogens is 238 g/mol. The van der Waals surface area contributed by atoms with Crippen molar-refractivity contribution >= 4 is 11.6 Å². The standard InChI is InChI=1S/C11H15N3O4/c1-18-10-7-8(3-4-9(10)14(16)17)11(15)13-6-2-5-12/h3-4,7H,2,5-6,12H2,1H3,(H,13,15). The summed E-state index contributed by atoms with van der Waals surface area (Å²) in [5.41, 5.74) is 5.45. The number of nitrogens with zero attached hydrogens (tertiary/aromatic N) is 1. The van der Waals surface area contributed by atoms with Crippen LogP contribution in [0.4, 0.5) is 5.69 Å². The highest BCUT2D eigenvalue weighted by Crippen LogP contribution is 2.27. The van der Waals surface area contributed by atoms with Gasteiger partial charge >= 0.3 is 5.69 Å². The topological polar surface area (TPSA) is 107 Å². The molecule has 1 aromatic rings. The highest BCUT2D eigenvalue weighted by atomic mass is 16.6. The third kappa shape index (κ3) is 3.42. The van der Waals surface area contributed by atoms with Crippen LogP contribution >= 0.6 is 0 Å². The van der Waals surface area contributed by atoms with E-state index < -0.39 is 4.92 Å². The zero-order valence-electron chi connectivity index (χ0n) is 10.0. The van der Waals surface area contributed by atoms with Crippen LogP contribution in [0.3, 0.4) is 0 Å². The molecule has 0 heterocycles. The van der Waals surface area contributed by atoms with Gasteiger partial charge in [-0.2, -0.15) is 0 Å². The minimum absolute atomic E-state index is 0.0616.